The Morgan fingerprint density at radius 3 is 2.40 bits per heavy atom. The second-order valence-electron chi connectivity index (χ2n) is 6.10. The number of hydrogen-bond acceptors (Lipinski definition) is 4. The number of carbonyl (C=O) groups is 1. The van der Waals surface area contributed by atoms with Crippen molar-refractivity contribution in [2.24, 2.45) is 0 Å². The van der Waals surface area contributed by atoms with E-state index >= 15 is 0 Å². The van der Waals surface area contributed by atoms with Crippen molar-refractivity contribution in [1.29, 1.82) is 0 Å². The largest absolute Gasteiger partial charge is 0.497 e. The van der Waals surface area contributed by atoms with Crippen molar-refractivity contribution in [3.05, 3.63) is 41.6 Å². The van der Waals surface area contributed by atoms with E-state index in [4.69, 9.17) is 4.74 Å². The average molecular weight is 356 g/mol. The van der Waals surface area contributed by atoms with Gasteiger partial charge in [-0.15, -0.1) is 0 Å². The van der Waals surface area contributed by atoms with Crippen LogP contribution in [0.2, 0.25) is 0 Å². The van der Waals surface area contributed by atoms with Crippen molar-refractivity contribution < 1.29 is 22.7 Å². The van der Waals surface area contributed by atoms with Gasteiger partial charge in [0.1, 0.15) is 5.75 Å². The van der Waals surface area contributed by atoms with E-state index in [-0.39, 0.29) is 11.7 Å². The second-order valence-corrected chi connectivity index (χ2v) is 6.10. The Hall–Kier alpha value is -2.02. The number of carbonyl (C=O) groups excluding carboxylic acids is 1. The Labute approximate surface area is 145 Å². The summed E-state index contributed by atoms with van der Waals surface area (Å²) in [4.78, 5) is 13.3. The van der Waals surface area contributed by atoms with E-state index in [0.717, 1.165) is 37.2 Å². The maximum Gasteiger partial charge on any atom is 0.454 e. The molecule has 0 amide bonds. The quantitative estimate of drug-likeness (QED) is 0.760. The van der Waals surface area contributed by atoms with E-state index in [1.54, 1.807) is 7.11 Å². The molecule has 1 aromatic carbocycles. The van der Waals surface area contributed by atoms with Crippen LogP contribution in [0.4, 0.5) is 13.2 Å². The van der Waals surface area contributed by atoms with Crippen molar-refractivity contribution in [3.63, 3.8) is 0 Å². The first-order valence-electron chi connectivity index (χ1n) is 8.22. The molecule has 1 atom stereocenters. The normalized spacial score (nSPS) is 17.4. The van der Waals surface area contributed by atoms with Crippen LogP contribution in [0.5, 0.6) is 5.75 Å². The van der Waals surface area contributed by atoms with Crippen molar-refractivity contribution in [1.82, 2.24) is 10.2 Å². The number of ketones is 1. The van der Waals surface area contributed by atoms with Crippen molar-refractivity contribution in [2.45, 2.75) is 32.0 Å². The predicted molar refractivity (Wildman–Crippen MR) is 89.4 cm³/mol. The van der Waals surface area contributed by atoms with E-state index in [1.165, 1.54) is 6.92 Å². The zero-order valence-electron chi connectivity index (χ0n) is 14.4. The number of nitrogens with zero attached hydrogens (tertiary/aromatic N) is 1. The number of ether oxygens (including phenoxy) is 1. The number of methoxy groups -OCH3 is 1. The predicted octanol–water partition coefficient (Wildman–Crippen LogP) is 3.46. The van der Waals surface area contributed by atoms with E-state index < -0.39 is 12.0 Å². The Balaban J connectivity index is 2.08. The minimum Gasteiger partial charge on any atom is -0.497 e. The Kier molecular flexibility index (Phi) is 6.47. The lowest BCUT2D eigenvalue weighted by Gasteiger charge is -2.29. The highest BCUT2D eigenvalue weighted by Gasteiger charge is 2.36. The number of halogens is 3. The first-order valence-corrected chi connectivity index (χ1v) is 8.22. The zero-order chi connectivity index (χ0) is 18.4. The summed E-state index contributed by atoms with van der Waals surface area (Å²) in [5, 5.41) is 2.96. The number of likely N-dealkylation sites (tertiary alicyclic amines) is 1. The Morgan fingerprint density at radius 2 is 1.88 bits per heavy atom. The summed E-state index contributed by atoms with van der Waals surface area (Å²) in [7, 11) is 1.60. The molecule has 0 aromatic heterocycles. The lowest BCUT2D eigenvalue weighted by Crippen LogP contribution is -2.34. The third kappa shape index (κ3) is 5.49. The van der Waals surface area contributed by atoms with Gasteiger partial charge in [0.05, 0.1) is 13.2 Å². The number of hydrogen-bond donors (Lipinski definition) is 1. The molecule has 1 aliphatic rings. The topological polar surface area (TPSA) is 41.6 Å². The fraction of sp³-hybridized carbons (Fsp3) is 0.500. The van der Waals surface area contributed by atoms with Gasteiger partial charge in [0.15, 0.2) is 0 Å². The zero-order valence-corrected chi connectivity index (χ0v) is 14.4. The monoisotopic (exact) mass is 356 g/mol. The SMILES string of the molecule is COc1ccc(C(CNC(C)=CC(=O)C(F)(F)F)N2CCCC2)cc1. The van der Waals surface area contributed by atoms with Crippen molar-refractivity contribution >= 4 is 5.78 Å². The molecule has 1 unspecified atom stereocenters. The Bertz CT molecular complexity index is 606. The van der Waals surface area contributed by atoms with Crippen LogP contribution < -0.4 is 10.1 Å². The molecule has 0 saturated carbocycles. The van der Waals surface area contributed by atoms with E-state index in [0.29, 0.717) is 12.6 Å². The molecule has 1 fully saturated rings. The molecule has 1 heterocycles. The Morgan fingerprint density at radius 1 is 1.28 bits per heavy atom. The molecule has 138 valence electrons. The molecule has 1 saturated heterocycles. The van der Waals surface area contributed by atoms with E-state index in [9.17, 15) is 18.0 Å². The molecule has 0 aliphatic carbocycles. The highest BCUT2D eigenvalue weighted by Crippen LogP contribution is 2.26. The number of nitrogens with one attached hydrogen (secondary N) is 1. The van der Waals surface area contributed by atoms with E-state index in [2.05, 4.69) is 10.2 Å². The summed E-state index contributed by atoms with van der Waals surface area (Å²) in [5.74, 6) is -1.09. The van der Waals surface area contributed by atoms with Gasteiger partial charge in [-0.25, -0.2) is 0 Å². The smallest absolute Gasteiger partial charge is 0.454 e. The van der Waals surface area contributed by atoms with Crippen LogP contribution in [-0.4, -0.2) is 43.6 Å². The summed E-state index contributed by atoms with van der Waals surface area (Å²) in [5.41, 5.74) is 1.27. The van der Waals surface area contributed by atoms with Gasteiger partial charge in [-0.2, -0.15) is 13.2 Å². The molecule has 25 heavy (non-hydrogen) atoms. The summed E-state index contributed by atoms with van der Waals surface area (Å²) in [6.45, 7) is 3.80. The van der Waals surface area contributed by atoms with Crippen LogP contribution in [0.25, 0.3) is 0 Å². The van der Waals surface area contributed by atoms with Gasteiger partial charge in [-0.3, -0.25) is 9.69 Å². The number of alkyl halides is 3. The third-order valence-electron chi connectivity index (χ3n) is 4.28. The standard InChI is InChI=1S/C18H23F3N2O2/c1-13(11-17(24)18(19,20)21)22-12-16(23-9-3-4-10-23)14-5-7-15(25-2)8-6-14/h5-8,11,16,22H,3-4,9-10,12H2,1-2H3. The highest BCUT2D eigenvalue weighted by atomic mass is 19.4. The molecule has 1 aliphatic heterocycles. The lowest BCUT2D eigenvalue weighted by atomic mass is 10.0. The van der Waals surface area contributed by atoms with Gasteiger partial charge in [-0.05, 0) is 50.6 Å². The summed E-state index contributed by atoms with van der Waals surface area (Å²) >= 11 is 0. The molecular weight excluding hydrogens is 333 g/mol. The number of allylic oxidation sites excluding steroid dienone is 2. The molecule has 0 spiro atoms. The summed E-state index contributed by atoms with van der Waals surface area (Å²) in [6, 6.07) is 7.69. The van der Waals surface area contributed by atoms with Crippen LogP contribution in [-0.2, 0) is 4.79 Å². The summed E-state index contributed by atoms with van der Waals surface area (Å²) < 4.78 is 42.2. The molecule has 7 heteroatoms. The van der Waals surface area contributed by atoms with Crippen molar-refractivity contribution in [2.75, 3.05) is 26.7 Å². The molecule has 0 radical (unpaired) electrons. The molecule has 4 nitrogen and oxygen atoms in total. The molecule has 2 rings (SSSR count). The molecular formula is C18H23F3N2O2. The molecule has 1 aromatic rings. The van der Waals surface area contributed by atoms with Crippen LogP contribution in [0.1, 0.15) is 31.4 Å². The van der Waals surface area contributed by atoms with Crippen molar-refractivity contribution in [3.8, 4) is 5.75 Å². The second kappa shape index (κ2) is 8.38. The van der Waals surface area contributed by atoms with Crippen LogP contribution in [0.15, 0.2) is 36.0 Å². The maximum atomic E-state index is 12.3. The van der Waals surface area contributed by atoms with E-state index in [1.807, 2.05) is 24.3 Å². The van der Waals surface area contributed by atoms with Gasteiger partial charge < -0.3 is 10.1 Å². The van der Waals surface area contributed by atoms with Crippen LogP contribution in [0, 0.1) is 0 Å². The first kappa shape index (κ1) is 19.3. The van der Waals surface area contributed by atoms with Gasteiger partial charge in [0.2, 0.25) is 0 Å². The summed E-state index contributed by atoms with van der Waals surface area (Å²) in [6.07, 6.45) is -2.02. The van der Waals surface area contributed by atoms with Gasteiger partial charge in [-0.1, -0.05) is 12.1 Å². The molecule has 0 bridgehead atoms. The number of rotatable bonds is 7. The third-order valence-corrected chi connectivity index (χ3v) is 4.28. The minimum absolute atomic E-state index is 0.0257. The number of benzene rings is 1. The first-order chi connectivity index (χ1) is 11.8. The van der Waals surface area contributed by atoms with Gasteiger partial charge >= 0.3 is 6.18 Å². The van der Waals surface area contributed by atoms with Gasteiger partial charge in [0.25, 0.3) is 5.78 Å². The van der Waals surface area contributed by atoms with Crippen LogP contribution >= 0.6 is 0 Å². The minimum atomic E-state index is -4.84. The van der Waals surface area contributed by atoms with Gasteiger partial charge in [0, 0.05) is 18.3 Å². The van der Waals surface area contributed by atoms with Crippen LogP contribution in [0.3, 0.4) is 0 Å². The maximum absolute atomic E-state index is 12.3. The highest BCUT2D eigenvalue weighted by molar-refractivity contribution is 5.94. The molecule has 1 N–H and O–H groups in total. The fourth-order valence-corrected chi connectivity index (χ4v) is 2.92. The fourth-order valence-electron chi connectivity index (χ4n) is 2.92. The lowest BCUT2D eigenvalue weighted by molar-refractivity contribution is -0.165. The average Bonchev–Trinajstić information content (AvgIpc) is 3.09.